The Hall–Kier alpha value is -1.11. The molecule has 0 aromatic carbocycles. The third kappa shape index (κ3) is 7.75. The van der Waals surface area contributed by atoms with Gasteiger partial charge in [-0.2, -0.15) is 0 Å². The summed E-state index contributed by atoms with van der Waals surface area (Å²) in [7, 11) is 1.88. The van der Waals surface area contributed by atoms with E-state index in [-0.39, 0.29) is 12.2 Å². The highest BCUT2D eigenvalue weighted by molar-refractivity contribution is 5.67. The van der Waals surface area contributed by atoms with Gasteiger partial charge < -0.3 is 21.1 Å². The number of nitrogens with zero attached hydrogens (tertiary/aromatic N) is 1. The van der Waals surface area contributed by atoms with Crippen molar-refractivity contribution < 1.29 is 9.53 Å². The SMILES string of the molecule is CC(C)CCCC(C)C1CCC2C3CC=C4CC(OC(=O)N(C)CCCCCCNC(N)N)CCC4(C)C3CCC12C. The van der Waals surface area contributed by atoms with Crippen LogP contribution >= 0.6 is 0 Å². The lowest BCUT2D eigenvalue weighted by molar-refractivity contribution is -0.0591. The van der Waals surface area contributed by atoms with Crippen LogP contribution in [0.2, 0.25) is 0 Å². The second-order valence-electron chi connectivity index (χ2n) is 15.9. The quantitative estimate of drug-likeness (QED) is 0.110. The largest absolute Gasteiger partial charge is 0.446 e. The summed E-state index contributed by atoms with van der Waals surface area (Å²) in [5, 5.41) is 3.04. The van der Waals surface area contributed by atoms with E-state index in [0.29, 0.717) is 10.8 Å². The molecule has 0 aromatic heterocycles. The lowest BCUT2D eigenvalue weighted by Crippen LogP contribution is -2.51. The van der Waals surface area contributed by atoms with Crippen molar-refractivity contribution in [3.63, 3.8) is 0 Å². The molecule has 4 aliphatic rings. The Balaban J connectivity index is 1.26. The van der Waals surface area contributed by atoms with Crippen LogP contribution in [0.5, 0.6) is 0 Å². The molecular weight excluding hydrogens is 520 g/mol. The molecule has 3 fully saturated rings. The first kappa shape index (κ1) is 33.8. The summed E-state index contributed by atoms with van der Waals surface area (Å²) < 4.78 is 6.09. The molecule has 0 radical (unpaired) electrons. The van der Waals surface area contributed by atoms with E-state index in [9.17, 15) is 4.79 Å². The molecule has 1 amide bonds. The highest BCUT2D eigenvalue weighted by Gasteiger charge is 2.59. The van der Waals surface area contributed by atoms with Crippen LogP contribution in [0, 0.1) is 46.3 Å². The Labute approximate surface area is 258 Å². The monoisotopic (exact) mass is 587 g/mol. The van der Waals surface area contributed by atoms with Gasteiger partial charge in [0.25, 0.3) is 0 Å². The highest BCUT2D eigenvalue weighted by Crippen LogP contribution is 2.67. The lowest BCUT2D eigenvalue weighted by atomic mass is 9.47. The summed E-state index contributed by atoms with van der Waals surface area (Å²) >= 11 is 0. The molecule has 8 unspecified atom stereocenters. The topological polar surface area (TPSA) is 93.6 Å². The second kappa shape index (κ2) is 14.8. The normalized spacial score (nSPS) is 34.9. The molecule has 5 N–H and O–H groups in total. The molecule has 6 heteroatoms. The van der Waals surface area contributed by atoms with Crippen LogP contribution < -0.4 is 16.8 Å². The van der Waals surface area contributed by atoms with Crippen LogP contribution in [-0.2, 0) is 4.74 Å². The molecule has 6 nitrogen and oxygen atoms in total. The van der Waals surface area contributed by atoms with Crippen LogP contribution in [0.3, 0.4) is 0 Å². The van der Waals surface area contributed by atoms with E-state index >= 15 is 0 Å². The number of fused-ring (bicyclic) bond motifs is 5. The molecule has 4 rings (SSSR count). The molecule has 242 valence electrons. The van der Waals surface area contributed by atoms with Crippen molar-refractivity contribution in [2.75, 3.05) is 20.1 Å². The molecule has 0 heterocycles. The van der Waals surface area contributed by atoms with Crippen molar-refractivity contribution in [3.8, 4) is 0 Å². The van der Waals surface area contributed by atoms with E-state index in [2.05, 4.69) is 46.0 Å². The molecular formula is C36H66N4O2. The van der Waals surface area contributed by atoms with Crippen molar-refractivity contribution in [1.29, 1.82) is 0 Å². The summed E-state index contributed by atoms with van der Waals surface area (Å²) in [6.45, 7) is 14.2. The van der Waals surface area contributed by atoms with E-state index in [1.54, 1.807) is 10.5 Å². The zero-order valence-electron chi connectivity index (χ0n) is 28.1. The zero-order valence-corrected chi connectivity index (χ0v) is 28.1. The minimum absolute atomic E-state index is 0.0266. The molecule has 42 heavy (non-hydrogen) atoms. The van der Waals surface area contributed by atoms with Crippen LogP contribution in [0.1, 0.15) is 131 Å². The van der Waals surface area contributed by atoms with Gasteiger partial charge in [0.1, 0.15) is 12.4 Å². The Kier molecular flexibility index (Phi) is 11.9. The number of carbonyl (C=O) groups excluding carboxylic acids is 1. The molecule has 3 saturated carbocycles. The Morgan fingerprint density at radius 3 is 2.50 bits per heavy atom. The maximum atomic E-state index is 12.9. The standard InChI is InChI=1S/C36H66N4O2/c1-25(2)12-11-13-26(3)30-16-17-31-29-15-14-27-24-28(18-20-35(27,4)32(29)19-21-36(30,31)5)42-34(41)40(6)23-10-8-7-9-22-39-33(37)38/h14,25-26,28-33,39H,7-13,15-24,37-38H2,1-6H3. The Morgan fingerprint density at radius 2 is 1.76 bits per heavy atom. The molecule has 0 bridgehead atoms. The van der Waals surface area contributed by atoms with Crippen LogP contribution in [0.25, 0.3) is 0 Å². The van der Waals surface area contributed by atoms with Gasteiger partial charge in [0.15, 0.2) is 0 Å². The molecule has 8 atom stereocenters. The van der Waals surface area contributed by atoms with Crippen LogP contribution in [0.15, 0.2) is 11.6 Å². The number of nitrogens with one attached hydrogen (secondary N) is 1. The fraction of sp³-hybridized carbons (Fsp3) is 0.917. The van der Waals surface area contributed by atoms with Gasteiger partial charge in [-0.15, -0.1) is 0 Å². The van der Waals surface area contributed by atoms with Gasteiger partial charge in [-0.3, -0.25) is 5.32 Å². The predicted octanol–water partition coefficient (Wildman–Crippen LogP) is 7.82. The number of unbranched alkanes of at least 4 members (excludes halogenated alkanes) is 3. The minimum atomic E-state index is -0.439. The predicted molar refractivity (Wildman–Crippen MR) is 175 cm³/mol. The van der Waals surface area contributed by atoms with Gasteiger partial charge in [-0.05, 0) is 111 Å². The van der Waals surface area contributed by atoms with Crippen LogP contribution in [-0.4, -0.2) is 43.5 Å². The fourth-order valence-corrected chi connectivity index (χ4v) is 10.2. The van der Waals surface area contributed by atoms with Crippen molar-refractivity contribution in [3.05, 3.63) is 11.6 Å². The molecule has 0 spiro atoms. The summed E-state index contributed by atoms with van der Waals surface area (Å²) in [5.41, 5.74) is 13.5. The van der Waals surface area contributed by atoms with Gasteiger partial charge in [-0.1, -0.05) is 78.4 Å². The average Bonchev–Trinajstić information content (AvgIpc) is 3.29. The smallest absolute Gasteiger partial charge is 0.409 e. The highest BCUT2D eigenvalue weighted by atomic mass is 16.6. The number of rotatable bonds is 14. The number of hydrogen-bond donors (Lipinski definition) is 3. The van der Waals surface area contributed by atoms with E-state index < -0.39 is 6.29 Å². The van der Waals surface area contributed by atoms with Crippen molar-refractivity contribution >= 4 is 6.09 Å². The maximum absolute atomic E-state index is 12.9. The van der Waals surface area contributed by atoms with E-state index in [1.165, 1.54) is 57.8 Å². The number of carbonyl (C=O) groups is 1. The van der Waals surface area contributed by atoms with E-state index in [0.717, 1.165) is 87.1 Å². The Bertz CT molecular complexity index is 905. The first-order valence-electron chi connectivity index (χ1n) is 17.8. The van der Waals surface area contributed by atoms with Gasteiger partial charge >= 0.3 is 6.09 Å². The number of hydrogen-bond acceptors (Lipinski definition) is 5. The number of allylic oxidation sites excluding steroid dienone is 1. The summed E-state index contributed by atoms with van der Waals surface area (Å²) in [6.07, 6.45) is 20.6. The third-order valence-electron chi connectivity index (χ3n) is 12.6. The summed E-state index contributed by atoms with van der Waals surface area (Å²) in [5.74, 6) is 5.14. The minimum Gasteiger partial charge on any atom is -0.446 e. The number of ether oxygens (including phenoxy) is 1. The average molecular weight is 587 g/mol. The van der Waals surface area contributed by atoms with Crippen molar-refractivity contribution in [2.45, 2.75) is 143 Å². The van der Waals surface area contributed by atoms with E-state index in [4.69, 9.17) is 16.2 Å². The molecule has 0 aromatic rings. The van der Waals surface area contributed by atoms with E-state index in [1.807, 2.05) is 7.05 Å². The maximum Gasteiger partial charge on any atom is 0.409 e. The first-order chi connectivity index (χ1) is 20.0. The number of nitrogens with two attached hydrogens (primary N) is 2. The van der Waals surface area contributed by atoms with Crippen molar-refractivity contribution in [2.24, 2.45) is 57.8 Å². The first-order valence-corrected chi connectivity index (χ1v) is 17.8. The van der Waals surface area contributed by atoms with Gasteiger partial charge in [0, 0.05) is 20.0 Å². The van der Waals surface area contributed by atoms with Crippen LogP contribution in [0.4, 0.5) is 4.79 Å². The zero-order chi connectivity index (χ0) is 30.5. The molecule has 4 aliphatic carbocycles. The second-order valence-corrected chi connectivity index (χ2v) is 15.9. The molecule has 0 saturated heterocycles. The summed E-state index contributed by atoms with van der Waals surface area (Å²) in [6, 6.07) is 0. The number of amides is 1. The van der Waals surface area contributed by atoms with Crippen molar-refractivity contribution in [1.82, 2.24) is 10.2 Å². The Morgan fingerprint density at radius 1 is 1.00 bits per heavy atom. The van der Waals surface area contributed by atoms with Gasteiger partial charge in [0.05, 0.1) is 0 Å². The lowest BCUT2D eigenvalue weighted by Gasteiger charge is -2.58. The van der Waals surface area contributed by atoms with Gasteiger partial charge in [-0.25, -0.2) is 4.79 Å². The molecule has 0 aliphatic heterocycles. The van der Waals surface area contributed by atoms with Gasteiger partial charge in [0.2, 0.25) is 0 Å². The fourth-order valence-electron chi connectivity index (χ4n) is 10.2. The third-order valence-corrected chi connectivity index (χ3v) is 12.6. The summed E-state index contributed by atoms with van der Waals surface area (Å²) in [4.78, 5) is 14.7.